The van der Waals surface area contributed by atoms with Gasteiger partial charge in [0.2, 0.25) is 5.75 Å². The highest BCUT2D eigenvalue weighted by Crippen LogP contribution is 2.40. The number of hydrogen-bond acceptors (Lipinski definition) is 6. The van der Waals surface area contributed by atoms with Gasteiger partial charge in [0.05, 0.1) is 16.9 Å². The number of fused-ring (bicyclic) bond motifs is 3. The van der Waals surface area contributed by atoms with Crippen molar-refractivity contribution < 1.29 is 14.1 Å². The van der Waals surface area contributed by atoms with E-state index in [4.69, 9.17) is 16.3 Å². The molecule has 0 N–H and O–H groups in total. The first-order valence-corrected chi connectivity index (χ1v) is 8.22. The molecule has 0 spiro atoms. The van der Waals surface area contributed by atoms with Gasteiger partial charge >= 0.3 is 5.69 Å². The zero-order chi connectivity index (χ0) is 18.3. The number of rotatable bonds is 3. The lowest BCUT2D eigenvalue weighted by Gasteiger charge is -2.29. The zero-order valence-corrected chi connectivity index (χ0v) is 14.1. The third kappa shape index (κ3) is 2.78. The van der Waals surface area contributed by atoms with Crippen molar-refractivity contribution in [3.63, 3.8) is 0 Å². The summed E-state index contributed by atoms with van der Waals surface area (Å²) >= 11 is 5.89. The van der Waals surface area contributed by atoms with Gasteiger partial charge in [0.25, 0.3) is 0 Å². The van der Waals surface area contributed by atoms with Crippen LogP contribution in [0.25, 0.3) is 0 Å². The summed E-state index contributed by atoms with van der Waals surface area (Å²) in [5, 5.41) is 10.8. The van der Waals surface area contributed by atoms with Gasteiger partial charge in [0.1, 0.15) is 22.4 Å². The topological polar surface area (TPSA) is 80.3 Å². The Morgan fingerprint density at radius 2 is 2.15 bits per heavy atom. The van der Waals surface area contributed by atoms with Crippen LogP contribution in [0.2, 0.25) is 5.02 Å². The van der Waals surface area contributed by atoms with Crippen molar-refractivity contribution in [2.75, 3.05) is 13.1 Å². The van der Waals surface area contributed by atoms with E-state index < -0.39 is 21.5 Å². The van der Waals surface area contributed by atoms with Gasteiger partial charge in [-0.3, -0.25) is 15.1 Å². The molecule has 0 aliphatic carbocycles. The van der Waals surface area contributed by atoms with Crippen LogP contribution in [0.4, 0.5) is 15.8 Å². The quantitative estimate of drug-likeness (QED) is 0.592. The molecule has 2 heterocycles. The molecule has 26 heavy (non-hydrogen) atoms. The van der Waals surface area contributed by atoms with E-state index in [0.717, 1.165) is 36.5 Å². The molecular weight excluding hydrogens is 363 g/mol. The molecule has 9 heteroatoms. The van der Waals surface area contributed by atoms with Crippen LogP contribution < -0.4 is 4.74 Å². The molecule has 0 unspecified atom stereocenters. The van der Waals surface area contributed by atoms with Crippen molar-refractivity contribution in [1.29, 1.82) is 0 Å². The first-order valence-electron chi connectivity index (χ1n) is 7.84. The summed E-state index contributed by atoms with van der Waals surface area (Å²) < 4.78 is 19.3. The predicted octanol–water partition coefficient (Wildman–Crippen LogP) is 4.31. The molecule has 0 saturated heterocycles. The number of nitro groups is 1. The predicted molar refractivity (Wildman–Crippen MR) is 95.5 cm³/mol. The molecule has 0 bridgehead atoms. The van der Waals surface area contributed by atoms with Gasteiger partial charge in [-0.2, -0.15) is 0 Å². The minimum Gasteiger partial charge on any atom is -0.448 e. The fourth-order valence-corrected chi connectivity index (χ4v) is 3.06. The van der Waals surface area contributed by atoms with Gasteiger partial charge in [-0.05, 0) is 30.7 Å². The van der Waals surface area contributed by atoms with E-state index >= 15 is 0 Å². The van der Waals surface area contributed by atoms with Gasteiger partial charge in [0, 0.05) is 24.7 Å². The summed E-state index contributed by atoms with van der Waals surface area (Å²) in [6, 6.07) is 6.94. The SMILES string of the molecule is O=[N+]([O-])c1ccc(F)c(Cl)c1Oc1ccc2c(c1)C1=NCCCN1C=N2. The summed E-state index contributed by atoms with van der Waals surface area (Å²) in [7, 11) is 0. The number of hydrogen-bond donors (Lipinski definition) is 0. The Balaban J connectivity index is 1.76. The van der Waals surface area contributed by atoms with Gasteiger partial charge in [-0.15, -0.1) is 0 Å². The van der Waals surface area contributed by atoms with E-state index in [1.54, 1.807) is 24.5 Å². The highest BCUT2D eigenvalue weighted by molar-refractivity contribution is 6.32. The molecule has 0 fully saturated rings. The van der Waals surface area contributed by atoms with Gasteiger partial charge in [-0.25, -0.2) is 9.38 Å². The number of halogens is 2. The number of aliphatic imine (C=N–C) groups is 2. The van der Waals surface area contributed by atoms with Crippen molar-refractivity contribution >= 4 is 35.1 Å². The van der Waals surface area contributed by atoms with Crippen LogP contribution in [-0.2, 0) is 0 Å². The average molecular weight is 375 g/mol. The summed E-state index contributed by atoms with van der Waals surface area (Å²) in [4.78, 5) is 21.4. The summed E-state index contributed by atoms with van der Waals surface area (Å²) in [5.74, 6) is -0.0766. The van der Waals surface area contributed by atoms with Gasteiger partial charge in [-0.1, -0.05) is 11.6 Å². The van der Waals surface area contributed by atoms with E-state index in [0.29, 0.717) is 12.2 Å². The zero-order valence-electron chi connectivity index (χ0n) is 13.4. The molecular formula is C17H12ClFN4O3. The molecule has 2 aliphatic rings. The Hall–Kier alpha value is -3.00. The molecule has 0 amide bonds. The van der Waals surface area contributed by atoms with Crippen LogP contribution in [0.5, 0.6) is 11.5 Å². The van der Waals surface area contributed by atoms with E-state index in [-0.39, 0.29) is 11.5 Å². The lowest BCUT2D eigenvalue weighted by molar-refractivity contribution is -0.385. The fraction of sp³-hybridized carbons (Fsp3) is 0.176. The van der Waals surface area contributed by atoms with Gasteiger partial charge < -0.3 is 9.64 Å². The van der Waals surface area contributed by atoms with E-state index in [2.05, 4.69) is 9.98 Å². The number of nitro benzene ring substituents is 1. The molecule has 0 atom stereocenters. The minimum atomic E-state index is -0.794. The maximum Gasteiger partial charge on any atom is 0.313 e. The Bertz CT molecular complexity index is 977. The summed E-state index contributed by atoms with van der Waals surface area (Å²) in [6.07, 6.45) is 2.67. The average Bonchev–Trinajstić information content (AvgIpc) is 2.65. The standard InChI is InChI=1S/C17H12ClFN4O3/c18-15-12(19)3-5-14(23(24)25)16(15)26-10-2-4-13-11(8-10)17-20-6-1-7-22(17)9-21-13/h2-5,8-9H,1,6-7H2. The molecule has 0 radical (unpaired) electrons. The first-order chi connectivity index (χ1) is 12.5. The van der Waals surface area contributed by atoms with Crippen molar-refractivity contribution in [1.82, 2.24) is 4.90 Å². The van der Waals surface area contributed by atoms with Crippen LogP contribution in [-0.4, -0.2) is 35.1 Å². The summed E-state index contributed by atoms with van der Waals surface area (Å²) in [6.45, 7) is 1.53. The van der Waals surface area contributed by atoms with Crippen molar-refractivity contribution in [2.24, 2.45) is 9.98 Å². The second-order valence-electron chi connectivity index (χ2n) is 5.74. The Morgan fingerprint density at radius 3 is 2.96 bits per heavy atom. The Morgan fingerprint density at radius 1 is 1.31 bits per heavy atom. The molecule has 7 nitrogen and oxygen atoms in total. The second kappa shape index (κ2) is 6.38. The van der Waals surface area contributed by atoms with Crippen LogP contribution in [0.15, 0.2) is 40.3 Å². The molecule has 0 aromatic heterocycles. The number of benzene rings is 2. The van der Waals surface area contributed by atoms with E-state index in [1.165, 1.54) is 0 Å². The maximum absolute atomic E-state index is 13.7. The highest BCUT2D eigenvalue weighted by atomic mass is 35.5. The fourth-order valence-electron chi connectivity index (χ4n) is 2.86. The van der Waals surface area contributed by atoms with Crippen molar-refractivity contribution in [3.8, 4) is 11.5 Å². The number of ether oxygens (including phenoxy) is 1. The summed E-state index contributed by atoms with van der Waals surface area (Å²) in [5.41, 5.74) is 1.05. The largest absolute Gasteiger partial charge is 0.448 e. The van der Waals surface area contributed by atoms with E-state index in [1.807, 2.05) is 4.90 Å². The number of nitrogens with zero attached hydrogens (tertiary/aromatic N) is 4. The number of amidine groups is 1. The third-order valence-electron chi connectivity index (χ3n) is 4.08. The lowest BCUT2D eigenvalue weighted by atomic mass is 10.1. The molecule has 132 valence electrons. The van der Waals surface area contributed by atoms with Gasteiger partial charge in [0.15, 0.2) is 0 Å². The van der Waals surface area contributed by atoms with Crippen LogP contribution in [0, 0.1) is 15.9 Å². The molecule has 2 aromatic rings. The lowest BCUT2D eigenvalue weighted by Crippen LogP contribution is -2.36. The molecule has 0 saturated carbocycles. The van der Waals surface area contributed by atoms with Crippen LogP contribution in [0.3, 0.4) is 0 Å². The monoisotopic (exact) mass is 374 g/mol. The van der Waals surface area contributed by atoms with Crippen LogP contribution in [0.1, 0.15) is 12.0 Å². The maximum atomic E-state index is 13.7. The first kappa shape index (κ1) is 16.5. The van der Waals surface area contributed by atoms with Crippen molar-refractivity contribution in [2.45, 2.75) is 6.42 Å². The molecule has 4 rings (SSSR count). The molecule has 2 aromatic carbocycles. The molecule has 2 aliphatic heterocycles. The Labute approximate surface area is 152 Å². The third-order valence-corrected chi connectivity index (χ3v) is 4.43. The Kier molecular flexibility index (Phi) is 4.04. The minimum absolute atomic E-state index is 0.282. The normalized spacial score (nSPS) is 15.2. The van der Waals surface area contributed by atoms with Crippen molar-refractivity contribution in [3.05, 3.63) is 56.8 Å². The highest BCUT2D eigenvalue weighted by Gasteiger charge is 2.25. The smallest absolute Gasteiger partial charge is 0.313 e. The second-order valence-corrected chi connectivity index (χ2v) is 6.12. The van der Waals surface area contributed by atoms with E-state index in [9.17, 15) is 14.5 Å². The van der Waals surface area contributed by atoms with Crippen LogP contribution >= 0.6 is 11.6 Å².